The Balaban J connectivity index is 1.73. The molecule has 2 N–H and O–H groups in total. The average Bonchev–Trinajstić information content (AvgIpc) is 2.92. The molecule has 5 heteroatoms. The molecule has 0 radical (unpaired) electrons. The fourth-order valence-corrected chi connectivity index (χ4v) is 4.32. The molecular weight excluding hydrogens is 268 g/mol. The number of rotatable bonds is 4. The Morgan fingerprint density at radius 1 is 0.950 bits per heavy atom. The van der Waals surface area contributed by atoms with E-state index < -0.39 is 0 Å². The highest BCUT2D eigenvalue weighted by Gasteiger charge is 2.29. The van der Waals surface area contributed by atoms with Crippen molar-refractivity contribution >= 4 is 16.5 Å². The molecule has 0 spiro atoms. The molecule has 0 unspecified atom stereocenters. The van der Waals surface area contributed by atoms with Crippen molar-refractivity contribution in [1.82, 2.24) is 14.5 Å². The van der Waals surface area contributed by atoms with Crippen LogP contribution in [0.3, 0.4) is 0 Å². The van der Waals surface area contributed by atoms with Crippen molar-refractivity contribution in [1.29, 1.82) is 0 Å². The molecule has 1 aromatic rings. The second kappa shape index (κ2) is 6.85. The second-order valence-electron chi connectivity index (χ2n) is 6.34. The van der Waals surface area contributed by atoms with Crippen LogP contribution in [0.25, 0.3) is 0 Å². The molecule has 2 saturated carbocycles. The molecule has 112 valence electrons. The van der Waals surface area contributed by atoms with Gasteiger partial charge in [0.25, 0.3) is 0 Å². The third-order valence-electron chi connectivity index (χ3n) is 5.00. The van der Waals surface area contributed by atoms with Crippen LogP contribution in [0.1, 0.15) is 69.9 Å². The lowest BCUT2D eigenvalue weighted by molar-refractivity contribution is 0.0720. The first kappa shape index (κ1) is 14.3. The monoisotopic (exact) mass is 294 g/mol. The molecule has 3 rings (SSSR count). The van der Waals surface area contributed by atoms with E-state index in [9.17, 15) is 0 Å². The molecular formula is C15H26N4S. The van der Waals surface area contributed by atoms with Crippen LogP contribution < -0.4 is 5.73 Å². The first-order valence-corrected chi connectivity index (χ1v) is 8.94. The zero-order valence-corrected chi connectivity index (χ0v) is 13.1. The SMILES string of the molecule is Nc1snnc1CN(C1CCCCC1)C1CCCCC1. The standard InChI is InChI=1S/C15H26N4S/c16-15-14(17-18-20-15)11-19(12-7-3-1-4-8-12)13-9-5-2-6-10-13/h12-13H,1-11,16H2. The average molecular weight is 294 g/mol. The van der Waals surface area contributed by atoms with Crippen molar-refractivity contribution in [3.05, 3.63) is 5.69 Å². The molecule has 4 nitrogen and oxygen atoms in total. The predicted molar refractivity (Wildman–Crippen MR) is 83.6 cm³/mol. The molecule has 2 fully saturated rings. The van der Waals surface area contributed by atoms with Gasteiger partial charge in [-0.2, -0.15) is 0 Å². The quantitative estimate of drug-likeness (QED) is 0.922. The zero-order chi connectivity index (χ0) is 13.8. The number of anilines is 1. The lowest BCUT2D eigenvalue weighted by Gasteiger charge is -2.41. The first-order valence-electron chi connectivity index (χ1n) is 8.17. The summed E-state index contributed by atoms with van der Waals surface area (Å²) in [6, 6.07) is 1.49. The largest absolute Gasteiger partial charge is 0.388 e. The minimum absolute atomic E-state index is 0.743. The van der Waals surface area contributed by atoms with Crippen molar-refractivity contribution in [2.75, 3.05) is 5.73 Å². The third kappa shape index (κ3) is 3.31. The Morgan fingerprint density at radius 2 is 1.50 bits per heavy atom. The molecule has 0 bridgehead atoms. The number of nitrogens with two attached hydrogens (primary N) is 1. The van der Waals surface area contributed by atoms with Gasteiger partial charge in [0.05, 0.1) is 0 Å². The maximum atomic E-state index is 6.01. The van der Waals surface area contributed by atoms with Gasteiger partial charge in [0.1, 0.15) is 10.7 Å². The number of nitrogens with zero attached hydrogens (tertiary/aromatic N) is 3. The molecule has 0 aromatic carbocycles. The molecule has 20 heavy (non-hydrogen) atoms. The van der Waals surface area contributed by atoms with Crippen LogP contribution >= 0.6 is 11.5 Å². The highest BCUT2D eigenvalue weighted by molar-refractivity contribution is 7.09. The van der Waals surface area contributed by atoms with Gasteiger partial charge in [-0.05, 0) is 25.7 Å². The minimum Gasteiger partial charge on any atom is -0.388 e. The number of nitrogen functional groups attached to an aromatic ring is 1. The summed E-state index contributed by atoms with van der Waals surface area (Å²) in [5, 5.41) is 5.05. The summed E-state index contributed by atoms with van der Waals surface area (Å²) in [6.07, 6.45) is 13.8. The van der Waals surface area contributed by atoms with E-state index in [4.69, 9.17) is 5.73 Å². The molecule has 0 atom stereocenters. The van der Waals surface area contributed by atoms with Gasteiger partial charge in [-0.15, -0.1) is 5.10 Å². The van der Waals surface area contributed by atoms with Crippen molar-refractivity contribution in [3.8, 4) is 0 Å². The van der Waals surface area contributed by atoms with Gasteiger partial charge >= 0.3 is 0 Å². The lowest BCUT2D eigenvalue weighted by atomic mass is 9.88. The van der Waals surface area contributed by atoms with Crippen LogP contribution in [0.2, 0.25) is 0 Å². The van der Waals surface area contributed by atoms with Crippen LogP contribution in [0.15, 0.2) is 0 Å². The molecule has 1 aromatic heterocycles. The van der Waals surface area contributed by atoms with Gasteiger partial charge in [0.15, 0.2) is 0 Å². The zero-order valence-electron chi connectivity index (χ0n) is 12.3. The number of hydrogen-bond donors (Lipinski definition) is 1. The summed E-state index contributed by atoms with van der Waals surface area (Å²) >= 11 is 1.33. The smallest absolute Gasteiger partial charge is 0.132 e. The van der Waals surface area contributed by atoms with E-state index in [1.165, 1.54) is 75.7 Å². The van der Waals surface area contributed by atoms with Gasteiger partial charge in [-0.1, -0.05) is 43.0 Å². The van der Waals surface area contributed by atoms with Crippen molar-refractivity contribution in [2.45, 2.75) is 82.8 Å². The number of aromatic nitrogens is 2. The summed E-state index contributed by atoms with van der Waals surface area (Å²) < 4.78 is 4.01. The van der Waals surface area contributed by atoms with Gasteiger partial charge in [0.2, 0.25) is 0 Å². The van der Waals surface area contributed by atoms with E-state index >= 15 is 0 Å². The van der Waals surface area contributed by atoms with Gasteiger partial charge < -0.3 is 5.73 Å². The van der Waals surface area contributed by atoms with E-state index in [0.717, 1.165) is 29.3 Å². The van der Waals surface area contributed by atoms with Crippen molar-refractivity contribution < 1.29 is 0 Å². The number of hydrogen-bond acceptors (Lipinski definition) is 5. The summed E-state index contributed by atoms with van der Waals surface area (Å²) in [5.74, 6) is 0. The molecule has 0 aliphatic heterocycles. The Morgan fingerprint density at radius 3 is 1.95 bits per heavy atom. The third-order valence-corrected chi connectivity index (χ3v) is 5.60. The summed E-state index contributed by atoms with van der Waals surface area (Å²) in [6.45, 7) is 0.914. The minimum atomic E-state index is 0.743. The Hall–Kier alpha value is -0.680. The van der Waals surface area contributed by atoms with Gasteiger partial charge in [0, 0.05) is 30.2 Å². The molecule has 2 aliphatic carbocycles. The van der Waals surface area contributed by atoms with Crippen LogP contribution in [-0.4, -0.2) is 26.6 Å². The Labute approximate surface area is 125 Å². The summed E-state index contributed by atoms with van der Waals surface area (Å²) in [7, 11) is 0. The van der Waals surface area contributed by atoms with Crippen LogP contribution in [0.4, 0.5) is 5.00 Å². The van der Waals surface area contributed by atoms with Crippen LogP contribution in [0, 0.1) is 0 Å². The van der Waals surface area contributed by atoms with Crippen molar-refractivity contribution in [2.24, 2.45) is 0 Å². The van der Waals surface area contributed by atoms with Crippen LogP contribution in [0.5, 0.6) is 0 Å². The molecule has 0 saturated heterocycles. The second-order valence-corrected chi connectivity index (χ2v) is 7.13. The Kier molecular flexibility index (Phi) is 4.89. The highest BCUT2D eigenvalue weighted by Crippen LogP contribution is 2.32. The normalized spacial score (nSPS) is 22.4. The maximum absolute atomic E-state index is 6.01. The fourth-order valence-electron chi connectivity index (χ4n) is 3.88. The molecule has 0 amide bonds. The van der Waals surface area contributed by atoms with Gasteiger partial charge in [-0.25, -0.2) is 0 Å². The summed E-state index contributed by atoms with van der Waals surface area (Å²) in [4.78, 5) is 2.73. The Bertz CT molecular complexity index is 390. The maximum Gasteiger partial charge on any atom is 0.132 e. The fraction of sp³-hybridized carbons (Fsp3) is 0.867. The van der Waals surface area contributed by atoms with E-state index in [0.29, 0.717) is 0 Å². The highest BCUT2D eigenvalue weighted by atomic mass is 32.1. The molecule has 2 aliphatic rings. The van der Waals surface area contributed by atoms with Gasteiger partial charge in [-0.3, -0.25) is 4.90 Å². The van der Waals surface area contributed by atoms with E-state index in [1.807, 2.05) is 0 Å². The van der Waals surface area contributed by atoms with E-state index in [-0.39, 0.29) is 0 Å². The topological polar surface area (TPSA) is 55.0 Å². The van der Waals surface area contributed by atoms with E-state index in [1.54, 1.807) is 0 Å². The van der Waals surface area contributed by atoms with Crippen molar-refractivity contribution in [3.63, 3.8) is 0 Å². The lowest BCUT2D eigenvalue weighted by Crippen LogP contribution is -2.44. The summed E-state index contributed by atoms with van der Waals surface area (Å²) in [5.41, 5.74) is 7.02. The molecule has 1 heterocycles. The predicted octanol–water partition coefficient (Wildman–Crippen LogP) is 3.59. The van der Waals surface area contributed by atoms with E-state index in [2.05, 4.69) is 14.5 Å². The van der Waals surface area contributed by atoms with Crippen LogP contribution in [-0.2, 0) is 6.54 Å². The first-order chi connectivity index (χ1) is 9.84.